The number of hydrogen-bond acceptors (Lipinski definition) is 6. The van der Waals surface area contributed by atoms with Crippen molar-refractivity contribution in [3.63, 3.8) is 0 Å². The Balaban J connectivity index is 1.52. The van der Waals surface area contributed by atoms with E-state index in [0.29, 0.717) is 36.9 Å². The number of benzene rings is 1. The monoisotopic (exact) mass is 380 g/mol. The minimum Gasteiger partial charge on any atom is -0.497 e. The lowest BCUT2D eigenvalue weighted by Crippen LogP contribution is -2.38. The molecule has 0 saturated heterocycles. The molecule has 0 bridgehead atoms. The van der Waals surface area contributed by atoms with Crippen molar-refractivity contribution >= 4 is 5.96 Å². The van der Waals surface area contributed by atoms with Crippen LogP contribution in [0.5, 0.6) is 5.75 Å². The number of nitrogens with one attached hydrogen (secondary N) is 2. The molecule has 0 aliphatic rings. The first kappa shape index (κ1) is 19.3. The van der Waals surface area contributed by atoms with Crippen LogP contribution >= 0.6 is 0 Å². The van der Waals surface area contributed by atoms with Crippen molar-refractivity contribution in [2.24, 2.45) is 4.99 Å². The lowest BCUT2D eigenvalue weighted by atomic mass is 10.2. The molecule has 0 unspecified atom stereocenters. The fourth-order valence-electron chi connectivity index (χ4n) is 2.48. The van der Waals surface area contributed by atoms with E-state index in [4.69, 9.17) is 9.26 Å². The first-order chi connectivity index (χ1) is 13.8. The molecule has 0 amide bonds. The molecule has 8 nitrogen and oxygen atoms in total. The van der Waals surface area contributed by atoms with Gasteiger partial charge in [0.25, 0.3) is 5.89 Å². The van der Waals surface area contributed by atoms with Crippen molar-refractivity contribution in [2.45, 2.75) is 19.9 Å². The van der Waals surface area contributed by atoms with Crippen molar-refractivity contribution < 1.29 is 9.26 Å². The second-order valence-electron chi connectivity index (χ2n) is 5.95. The van der Waals surface area contributed by atoms with Gasteiger partial charge in [0.15, 0.2) is 11.8 Å². The standard InChI is InChI=1S/C20H24N6O2/c1-3-21-20(24-14-15-7-9-16(27-2)10-8-15)23-13-11-18-25-19(28-26-18)17-6-4-5-12-22-17/h4-10,12H,3,11,13-14H2,1-2H3,(H2,21,23,24). The van der Waals surface area contributed by atoms with E-state index in [1.165, 1.54) is 0 Å². The van der Waals surface area contributed by atoms with Crippen LogP contribution in [-0.4, -0.2) is 41.3 Å². The summed E-state index contributed by atoms with van der Waals surface area (Å²) in [6.07, 6.45) is 2.31. The minimum atomic E-state index is 0.427. The summed E-state index contributed by atoms with van der Waals surface area (Å²) in [7, 11) is 1.66. The molecule has 0 radical (unpaired) electrons. The van der Waals surface area contributed by atoms with Gasteiger partial charge in [-0.1, -0.05) is 23.4 Å². The number of guanidine groups is 1. The number of rotatable bonds is 8. The van der Waals surface area contributed by atoms with Gasteiger partial charge in [0, 0.05) is 25.7 Å². The largest absolute Gasteiger partial charge is 0.497 e. The van der Waals surface area contributed by atoms with Gasteiger partial charge in [0.1, 0.15) is 11.4 Å². The van der Waals surface area contributed by atoms with Gasteiger partial charge in [-0.05, 0) is 36.8 Å². The molecule has 0 aliphatic carbocycles. The van der Waals surface area contributed by atoms with Crippen LogP contribution in [0.1, 0.15) is 18.3 Å². The van der Waals surface area contributed by atoms with E-state index in [1.54, 1.807) is 13.3 Å². The van der Waals surface area contributed by atoms with Crippen LogP contribution in [0, 0.1) is 0 Å². The molecule has 1 aromatic carbocycles. The molecule has 0 spiro atoms. The highest BCUT2D eigenvalue weighted by Crippen LogP contribution is 2.13. The number of ether oxygens (including phenoxy) is 1. The molecule has 28 heavy (non-hydrogen) atoms. The average Bonchev–Trinajstić information content (AvgIpc) is 3.22. The second-order valence-corrected chi connectivity index (χ2v) is 5.95. The summed E-state index contributed by atoms with van der Waals surface area (Å²) in [4.78, 5) is 13.2. The smallest absolute Gasteiger partial charge is 0.276 e. The summed E-state index contributed by atoms with van der Waals surface area (Å²) in [6, 6.07) is 13.4. The van der Waals surface area contributed by atoms with E-state index in [1.807, 2.05) is 49.4 Å². The Hall–Kier alpha value is -3.42. The third-order valence-corrected chi connectivity index (χ3v) is 3.92. The molecule has 3 aromatic rings. The molecular formula is C20H24N6O2. The Morgan fingerprint density at radius 2 is 2.00 bits per heavy atom. The van der Waals surface area contributed by atoms with Crippen LogP contribution in [0.15, 0.2) is 58.2 Å². The first-order valence-electron chi connectivity index (χ1n) is 9.17. The van der Waals surface area contributed by atoms with Gasteiger partial charge in [-0.3, -0.25) is 4.98 Å². The van der Waals surface area contributed by atoms with E-state index >= 15 is 0 Å². The number of hydrogen-bond donors (Lipinski definition) is 2. The summed E-state index contributed by atoms with van der Waals surface area (Å²) < 4.78 is 10.4. The number of pyridine rings is 1. The predicted octanol–water partition coefficient (Wildman–Crippen LogP) is 2.44. The third kappa shape index (κ3) is 5.54. The first-order valence-corrected chi connectivity index (χ1v) is 9.17. The van der Waals surface area contributed by atoms with E-state index in [9.17, 15) is 0 Å². The molecule has 0 saturated carbocycles. The van der Waals surface area contributed by atoms with E-state index in [2.05, 4.69) is 30.8 Å². The van der Waals surface area contributed by atoms with Crippen LogP contribution in [0.2, 0.25) is 0 Å². The van der Waals surface area contributed by atoms with Gasteiger partial charge in [-0.2, -0.15) is 4.98 Å². The molecule has 2 heterocycles. The number of methoxy groups -OCH3 is 1. The summed E-state index contributed by atoms with van der Waals surface area (Å²) in [6.45, 7) is 4.02. The molecule has 0 aliphatic heterocycles. The maximum Gasteiger partial charge on any atom is 0.276 e. The van der Waals surface area contributed by atoms with Crippen LogP contribution in [0.4, 0.5) is 0 Å². The molecule has 8 heteroatoms. The maximum absolute atomic E-state index is 5.27. The van der Waals surface area contributed by atoms with Gasteiger partial charge < -0.3 is 19.9 Å². The van der Waals surface area contributed by atoms with Crippen molar-refractivity contribution in [1.29, 1.82) is 0 Å². The highest BCUT2D eigenvalue weighted by Gasteiger charge is 2.09. The number of aliphatic imine (C=N–C) groups is 1. The molecule has 2 aromatic heterocycles. The fourth-order valence-corrected chi connectivity index (χ4v) is 2.48. The maximum atomic E-state index is 5.27. The lowest BCUT2D eigenvalue weighted by molar-refractivity contribution is 0.414. The van der Waals surface area contributed by atoms with Crippen molar-refractivity contribution in [3.8, 4) is 17.3 Å². The Morgan fingerprint density at radius 1 is 1.14 bits per heavy atom. The topological polar surface area (TPSA) is 97.5 Å². The lowest BCUT2D eigenvalue weighted by Gasteiger charge is -2.10. The van der Waals surface area contributed by atoms with Gasteiger partial charge in [-0.15, -0.1) is 0 Å². The second kappa shape index (κ2) is 10.1. The SMILES string of the molecule is CCNC(=NCc1ccc(OC)cc1)NCCc1noc(-c2ccccn2)n1. The number of aromatic nitrogens is 3. The highest BCUT2D eigenvalue weighted by molar-refractivity contribution is 5.79. The van der Waals surface area contributed by atoms with Gasteiger partial charge in [-0.25, -0.2) is 4.99 Å². The van der Waals surface area contributed by atoms with Crippen LogP contribution in [0.3, 0.4) is 0 Å². The Morgan fingerprint density at radius 3 is 2.71 bits per heavy atom. The normalized spacial score (nSPS) is 11.3. The van der Waals surface area contributed by atoms with Gasteiger partial charge in [0.05, 0.1) is 13.7 Å². The van der Waals surface area contributed by atoms with Gasteiger partial charge in [0.2, 0.25) is 0 Å². The van der Waals surface area contributed by atoms with E-state index in [0.717, 1.165) is 23.8 Å². The zero-order valence-corrected chi connectivity index (χ0v) is 16.1. The molecular weight excluding hydrogens is 356 g/mol. The molecule has 2 N–H and O–H groups in total. The van der Waals surface area contributed by atoms with Crippen LogP contribution in [-0.2, 0) is 13.0 Å². The third-order valence-electron chi connectivity index (χ3n) is 3.92. The number of nitrogens with zero attached hydrogens (tertiary/aromatic N) is 4. The predicted molar refractivity (Wildman–Crippen MR) is 107 cm³/mol. The highest BCUT2D eigenvalue weighted by atomic mass is 16.5. The zero-order chi connectivity index (χ0) is 19.6. The van der Waals surface area contributed by atoms with Crippen molar-refractivity contribution in [2.75, 3.05) is 20.2 Å². The summed E-state index contributed by atoms with van der Waals surface area (Å²) in [5.74, 6) is 2.63. The van der Waals surface area contributed by atoms with Crippen molar-refractivity contribution in [1.82, 2.24) is 25.8 Å². The molecule has 0 fully saturated rings. The minimum absolute atomic E-state index is 0.427. The Labute approximate surface area is 164 Å². The van der Waals surface area contributed by atoms with E-state index in [-0.39, 0.29) is 0 Å². The Kier molecular flexibility index (Phi) is 6.95. The summed E-state index contributed by atoms with van der Waals surface area (Å²) in [5.41, 5.74) is 1.78. The van der Waals surface area contributed by atoms with E-state index < -0.39 is 0 Å². The van der Waals surface area contributed by atoms with Crippen LogP contribution in [0.25, 0.3) is 11.6 Å². The molecule has 146 valence electrons. The summed E-state index contributed by atoms with van der Waals surface area (Å²) >= 11 is 0. The quantitative estimate of drug-likeness (QED) is 0.457. The molecule has 3 rings (SSSR count). The molecule has 0 atom stereocenters. The summed E-state index contributed by atoms with van der Waals surface area (Å²) in [5, 5.41) is 10.5. The van der Waals surface area contributed by atoms with Gasteiger partial charge >= 0.3 is 0 Å². The van der Waals surface area contributed by atoms with Crippen LogP contribution < -0.4 is 15.4 Å². The average molecular weight is 380 g/mol. The zero-order valence-electron chi connectivity index (χ0n) is 16.1. The Bertz CT molecular complexity index is 877. The van der Waals surface area contributed by atoms with Crippen molar-refractivity contribution in [3.05, 3.63) is 60.0 Å². The fraction of sp³-hybridized carbons (Fsp3) is 0.300.